The second kappa shape index (κ2) is 20.1. The first-order valence-corrected chi connectivity index (χ1v) is 19.3. The van der Waals surface area contributed by atoms with Crippen LogP contribution in [0.4, 0.5) is 0 Å². The summed E-state index contributed by atoms with van der Waals surface area (Å²) in [6.45, 7) is 4.83. The summed E-state index contributed by atoms with van der Waals surface area (Å²) in [6.07, 6.45) is 12.1. The van der Waals surface area contributed by atoms with Crippen molar-refractivity contribution in [2.24, 2.45) is 0 Å². The lowest BCUT2D eigenvalue weighted by molar-refractivity contribution is -0.153. The SMILES string of the molecule is CC(=O)N[C@@H](CC(=O)OC1CCCCC1)C(=O)N[C@H](C(=O)N[C@H](C(=O)N1CCC[C@H]1C(=O)O)[C@@H](C)OC1CCCCC1)[C@@H](C)OC1CCCCC1. The molecule has 4 fully saturated rings. The Morgan fingerprint density at radius 3 is 1.65 bits per heavy atom. The molecule has 6 atom stereocenters. The zero-order valence-corrected chi connectivity index (χ0v) is 30.7. The number of amides is 4. The van der Waals surface area contributed by atoms with E-state index in [-0.39, 0.29) is 24.9 Å². The minimum atomic E-state index is -1.32. The Hall–Kier alpha value is -3.26. The molecule has 51 heavy (non-hydrogen) atoms. The number of aliphatic carboxylic acids is 1. The fourth-order valence-electron chi connectivity index (χ4n) is 7.94. The minimum absolute atomic E-state index is 0.106. The first-order valence-electron chi connectivity index (χ1n) is 19.3. The zero-order chi connectivity index (χ0) is 36.9. The van der Waals surface area contributed by atoms with Gasteiger partial charge < -0.3 is 40.2 Å². The lowest BCUT2D eigenvalue weighted by Gasteiger charge is -2.35. The number of rotatable bonds is 16. The predicted octanol–water partition coefficient (Wildman–Crippen LogP) is 3.28. The highest BCUT2D eigenvalue weighted by Gasteiger charge is 2.42. The van der Waals surface area contributed by atoms with Gasteiger partial charge in [-0.05, 0) is 78.1 Å². The summed E-state index contributed by atoms with van der Waals surface area (Å²) >= 11 is 0. The van der Waals surface area contributed by atoms with Crippen LogP contribution in [0.5, 0.6) is 0 Å². The van der Waals surface area contributed by atoms with Crippen molar-refractivity contribution < 1.29 is 48.1 Å². The van der Waals surface area contributed by atoms with Crippen LogP contribution in [0, 0.1) is 0 Å². The summed E-state index contributed by atoms with van der Waals surface area (Å²) in [5.41, 5.74) is 0. The lowest BCUT2D eigenvalue weighted by Crippen LogP contribution is -2.63. The van der Waals surface area contributed by atoms with Crippen molar-refractivity contribution in [2.75, 3.05) is 6.54 Å². The first kappa shape index (κ1) is 40.5. The van der Waals surface area contributed by atoms with Crippen LogP contribution in [0.25, 0.3) is 0 Å². The van der Waals surface area contributed by atoms with Crippen LogP contribution in [0.2, 0.25) is 0 Å². The molecule has 3 saturated carbocycles. The van der Waals surface area contributed by atoms with Crippen LogP contribution in [-0.4, -0.2) is 107 Å². The highest BCUT2D eigenvalue weighted by atomic mass is 16.5. The Morgan fingerprint density at radius 2 is 1.14 bits per heavy atom. The van der Waals surface area contributed by atoms with Crippen molar-refractivity contribution in [3.05, 3.63) is 0 Å². The number of hydrogen-bond acceptors (Lipinski definition) is 9. The normalized spacial score (nSPS) is 23.7. The number of likely N-dealkylation sites (tertiary alicyclic amines) is 1. The molecule has 0 spiro atoms. The van der Waals surface area contributed by atoms with Crippen LogP contribution >= 0.6 is 0 Å². The van der Waals surface area contributed by atoms with E-state index in [9.17, 15) is 33.9 Å². The van der Waals surface area contributed by atoms with Gasteiger partial charge in [-0.1, -0.05) is 44.9 Å². The molecule has 0 unspecified atom stereocenters. The topological polar surface area (TPSA) is 190 Å². The third kappa shape index (κ3) is 12.4. The largest absolute Gasteiger partial charge is 0.480 e. The van der Waals surface area contributed by atoms with Crippen LogP contribution in [-0.2, 0) is 43.0 Å². The molecule has 4 amide bonds. The van der Waals surface area contributed by atoms with Gasteiger partial charge in [0.2, 0.25) is 23.6 Å². The molecule has 0 aromatic rings. The number of carbonyl (C=O) groups is 6. The highest BCUT2D eigenvalue weighted by molar-refractivity contribution is 5.96. The molecule has 0 aromatic carbocycles. The predicted molar refractivity (Wildman–Crippen MR) is 186 cm³/mol. The number of hydrogen-bond donors (Lipinski definition) is 4. The van der Waals surface area contributed by atoms with E-state index >= 15 is 0 Å². The Labute approximate surface area is 301 Å². The molecule has 0 radical (unpaired) electrons. The Bertz CT molecular complexity index is 1200. The van der Waals surface area contributed by atoms with Gasteiger partial charge in [0, 0.05) is 13.5 Å². The number of nitrogens with one attached hydrogen (secondary N) is 3. The summed E-state index contributed by atoms with van der Waals surface area (Å²) in [6, 6.07) is -4.90. The molecule has 3 aliphatic carbocycles. The second-order valence-corrected chi connectivity index (χ2v) is 14.9. The smallest absolute Gasteiger partial charge is 0.326 e. The highest BCUT2D eigenvalue weighted by Crippen LogP contribution is 2.26. The number of nitrogens with zero attached hydrogens (tertiary/aromatic N) is 1. The van der Waals surface area contributed by atoms with E-state index in [0.29, 0.717) is 12.8 Å². The fraction of sp³-hybridized carbons (Fsp3) is 0.838. The van der Waals surface area contributed by atoms with E-state index in [2.05, 4.69) is 16.0 Å². The van der Waals surface area contributed by atoms with Crippen LogP contribution in [0.3, 0.4) is 0 Å². The van der Waals surface area contributed by atoms with E-state index in [0.717, 1.165) is 96.3 Å². The average Bonchev–Trinajstić information content (AvgIpc) is 3.61. The van der Waals surface area contributed by atoms with Crippen molar-refractivity contribution >= 4 is 35.6 Å². The average molecular weight is 721 g/mol. The molecule has 4 aliphatic rings. The van der Waals surface area contributed by atoms with E-state index in [4.69, 9.17) is 14.2 Å². The van der Waals surface area contributed by atoms with Crippen molar-refractivity contribution in [1.29, 1.82) is 0 Å². The van der Waals surface area contributed by atoms with Gasteiger partial charge in [0.1, 0.15) is 30.3 Å². The molecule has 1 saturated heterocycles. The van der Waals surface area contributed by atoms with Crippen molar-refractivity contribution in [2.45, 2.75) is 191 Å². The van der Waals surface area contributed by atoms with Gasteiger partial charge in [0.05, 0.1) is 30.8 Å². The zero-order valence-electron chi connectivity index (χ0n) is 30.7. The van der Waals surface area contributed by atoms with E-state index < -0.39 is 78.4 Å². The maximum atomic E-state index is 14.3. The van der Waals surface area contributed by atoms with Gasteiger partial charge >= 0.3 is 11.9 Å². The summed E-state index contributed by atoms with van der Waals surface area (Å²) < 4.78 is 18.3. The Balaban J connectivity index is 1.55. The van der Waals surface area contributed by atoms with Crippen molar-refractivity contribution in [1.82, 2.24) is 20.9 Å². The van der Waals surface area contributed by atoms with Crippen molar-refractivity contribution in [3.8, 4) is 0 Å². The third-order valence-corrected chi connectivity index (χ3v) is 10.7. The van der Waals surface area contributed by atoms with Crippen LogP contribution in [0.15, 0.2) is 0 Å². The summed E-state index contributed by atoms with van der Waals surface area (Å²) in [7, 11) is 0. The van der Waals surface area contributed by atoms with Gasteiger partial charge in [-0.2, -0.15) is 0 Å². The molecule has 14 heteroatoms. The summed E-state index contributed by atoms with van der Waals surface area (Å²) in [4.78, 5) is 80.6. The molecule has 4 N–H and O–H groups in total. The third-order valence-electron chi connectivity index (χ3n) is 10.7. The summed E-state index contributed by atoms with van der Waals surface area (Å²) in [5, 5.41) is 17.9. The standard InChI is InChI=1S/C37H60N4O10/c1-23(49-26-14-7-4-8-15-26)32(39-34(44)29(38-25(3)42)22-31(43)51-28-18-11-6-12-19-28)35(45)40-33(24(2)50-27-16-9-5-10-17-27)36(46)41-21-13-20-30(41)37(47)48/h23-24,26-30,32-33H,4-22H2,1-3H3,(H,38,42)(H,39,44)(H,40,45)(H,47,48)/t23-,24-,29+,30+,32+,33+/m1/s1. The molecule has 288 valence electrons. The number of carboxylic acid groups (broad SMARTS) is 1. The Morgan fingerprint density at radius 1 is 0.647 bits per heavy atom. The van der Waals surface area contributed by atoms with Crippen LogP contribution < -0.4 is 16.0 Å². The van der Waals surface area contributed by atoms with E-state index in [1.165, 1.54) is 11.8 Å². The van der Waals surface area contributed by atoms with Gasteiger partial charge in [0.15, 0.2) is 0 Å². The maximum absolute atomic E-state index is 14.3. The fourth-order valence-corrected chi connectivity index (χ4v) is 7.94. The molecule has 4 rings (SSSR count). The number of ether oxygens (including phenoxy) is 3. The Kier molecular flexibility index (Phi) is 16.0. The first-order chi connectivity index (χ1) is 24.4. The molecular formula is C37H60N4O10. The lowest BCUT2D eigenvalue weighted by atomic mass is 9.97. The molecule has 0 aromatic heterocycles. The molecular weight excluding hydrogens is 660 g/mol. The monoisotopic (exact) mass is 720 g/mol. The van der Waals surface area contributed by atoms with Gasteiger partial charge in [-0.15, -0.1) is 0 Å². The second-order valence-electron chi connectivity index (χ2n) is 14.9. The number of carbonyl (C=O) groups excluding carboxylic acids is 5. The maximum Gasteiger partial charge on any atom is 0.326 e. The van der Waals surface area contributed by atoms with Gasteiger partial charge in [-0.3, -0.25) is 24.0 Å². The van der Waals surface area contributed by atoms with Gasteiger partial charge in [-0.25, -0.2) is 4.79 Å². The summed E-state index contributed by atoms with van der Waals surface area (Å²) in [5.74, 6) is -4.33. The minimum Gasteiger partial charge on any atom is -0.480 e. The van der Waals surface area contributed by atoms with E-state index in [1.807, 2.05) is 0 Å². The van der Waals surface area contributed by atoms with Crippen molar-refractivity contribution in [3.63, 3.8) is 0 Å². The molecule has 1 aliphatic heterocycles. The molecule has 0 bridgehead atoms. The van der Waals surface area contributed by atoms with Gasteiger partial charge in [0.25, 0.3) is 0 Å². The molecule has 1 heterocycles. The molecule has 14 nitrogen and oxygen atoms in total. The van der Waals surface area contributed by atoms with Crippen LogP contribution in [0.1, 0.15) is 136 Å². The quantitative estimate of drug-likeness (QED) is 0.172. The number of carboxylic acids is 1. The number of esters is 1. The van der Waals surface area contributed by atoms with E-state index in [1.54, 1.807) is 13.8 Å².